The molecule has 35 heavy (non-hydrogen) atoms. The van der Waals surface area contributed by atoms with Crippen LogP contribution in [-0.2, 0) is 20.9 Å². The van der Waals surface area contributed by atoms with Crippen molar-refractivity contribution in [3.8, 4) is 11.5 Å². The maximum Gasteiger partial charge on any atom is 0.180 e. The van der Waals surface area contributed by atoms with Crippen LogP contribution in [-0.4, -0.2) is 18.2 Å². The summed E-state index contributed by atoms with van der Waals surface area (Å²) >= 11 is 13.0. The maximum absolute atomic E-state index is 13.1. The third-order valence-corrected chi connectivity index (χ3v) is 7.29. The highest BCUT2D eigenvalue weighted by Crippen LogP contribution is 2.50. The van der Waals surface area contributed by atoms with Gasteiger partial charge in [-0.15, -0.1) is 0 Å². The number of ketones is 2. The van der Waals surface area contributed by atoms with E-state index in [1.54, 1.807) is 12.1 Å². The lowest BCUT2D eigenvalue weighted by atomic mass is 9.73. The van der Waals surface area contributed by atoms with Crippen LogP contribution in [0.2, 0.25) is 10.0 Å². The van der Waals surface area contributed by atoms with Crippen LogP contribution >= 0.6 is 23.2 Å². The number of rotatable bonds is 6. The number of ether oxygens (including phenoxy) is 3. The van der Waals surface area contributed by atoms with E-state index in [1.807, 2.05) is 31.2 Å². The van der Waals surface area contributed by atoms with Crippen molar-refractivity contribution in [1.29, 1.82) is 0 Å². The van der Waals surface area contributed by atoms with Crippen LogP contribution in [0.5, 0.6) is 11.5 Å². The normalized spacial score (nSPS) is 18.3. The van der Waals surface area contributed by atoms with Crippen LogP contribution in [0.1, 0.15) is 62.5 Å². The minimum atomic E-state index is -0.510. The molecule has 0 saturated heterocycles. The molecule has 0 spiro atoms. The van der Waals surface area contributed by atoms with Crippen LogP contribution < -0.4 is 9.47 Å². The predicted molar refractivity (Wildman–Crippen MR) is 134 cm³/mol. The van der Waals surface area contributed by atoms with E-state index in [4.69, 9.17) is 37.4 Å². The Balaban J connectivity index is 1.58. The molecule has 0 atom stereocenters. The van der Waals surface area contributed by atoms with Crippen molar-refractivity contribution in [3.05, 3.63) is 80.2 Å². The van der Waals surface area contributed by atoms with Crippen molar-refractivity contribution in [1.82, 2.24) is 0 Å². The molecule has 0 amide bonds. The molecular weight excluding hydrogens is 487 g/mol. The van der Waals surface area contributed by atoms with Gasteiger partial charge >= 0.3 is 0 Å². The highest BCUT2D eigenvalue weighted by atomic mass is 35.5. The number of carbonyl (C=O) groups is 2. The highest BCUT2D eigenvalue weighted by Gasteiger charge is 2.42. The summed E-state index contributed by atoms with van der Waals surface area (Å²) in [5.41, 5.74) is 2.71. The van der Waals surface area contributed by atoms with Gasteiger partial charge in [0.2, 0.25) is 0 Å². The van der Waals surface area contributed by atoms with Crippen LogP contribution in [0, 0.1) is 0 Å². The Morgan fingerprint density at radius 3 is 2.17 bits per heavy atom. The van der Waals surface area contributed by atoms with E-state index < -0.39 is 5.92 Å². The van der Waals surface area contributed by atoms with Gasteiger partial charge < -0.3 is 14.2 Å². The van der Waals surface area contributed by atoms with Gasteiger partial charge in [-0.3, -0.25) is 9.59 Å². The number of allylic oxidation sites excluding steroid dienone is 4. The molecule has 0 unspecified atom stereocenters. The lowest BCUT2D eigenvalue weighted by Gasteiger charge is -2.36. The molecule has 0 aromatic heterocycles. The molecule has 1 aliphatic heterocycles. The summed E-state index contributed by atoms with van der Waals surface area (Å²) in [4.78, 5) is 26.1. The Labute approximate surface area is 214 Å². The third-order valence-electron chi connectivity index (χ3n) is 6.64. The second kappa shape index (κ2) is 10.1. The molecule has 2 aromatic carbocycles. The van der Waals surface area contributed by atoms with E-state index in [2.05, 4.69) is 0 Å². The van der Waals surface area contributed by atoms with Gasteiger partial charge in [0.1, 0.15) is 18.1 Å². The van der Waals surface area contributed by atoms with E-state index in [1.165, 1.54) is 0 Å². The summed E-state index contributed by atoms with van der Waals surface area (Å²) in [5.74, 6) is 1.77. The van der Waals surface area contributed by atoms with Gasteiger partial charge in [-0.2, -0.15) is 0 Å². The number of halogens is 2. The van der Waals surface area contributed by atoms with Crippen molar-refractivity contribution in [2.75, 3.05) is 6.61 Å². The minimum absolute atomic E-state index is 0.0225. The Hall–Kier alpha value is -2.76. The molecule has 182 valence electrons. The number of hydrogen-bond acceptors (Lipinski definition) is 5. The first-order valence-electron chi connectivity index (χ1n) is 12.0. The van der Waals surface area contributed by atoms with Crippen LogP contribution in [0.3, 0.4) is 0 Å². The predicted octanol–water partition coefficient (Wildman–Crippen LogP) is 7.10. The summed E-state index contributed by atoms with van der Waals surface area (Å²) in [5, 5.41) is 0.950. The third kappa shape index (κ3) is 4.60. The van der Waals surface area contributed by atoms with Crippen molar-refractivity contribution < 1.29 is 23.8 Å². The summed E-state index contributed by atoms with van der Waals surface area (Å²) in [6.45, 7) is 2.50. The van der Waals surface area contributed by atoms with E-state index in [9.17, 15) is 9.59 Å². The second-order valence-electron chi connectivity index (χ2n) is 8.91. The molecule has 0 saturated carbocycles. The summed E-state index contributed by atoms with van der Waals surface area (Å²) in [6.07, 6.45) is 3.77. The van der Waals surface area contributed by atoms with Gasteiger partial charge in [0.15, 0.2) is 23.1 Å². The van der Waals surface area contributed by atoms with Crippen molar-refractivity contribution >= 4 is 34.8 Å². The Morgan fingerprint density at radius 1 is 0.886 bits per heavy atom. The van der Waals surface area contributed by atoms with E-state index in [0.29, 0.717) is 76.5 Å². The zero-order valence-corrected chi connectivity index (χ0v) is 21.0. The SMILES string of the molecule is CCOc1cc(C2C3=C(CCCC3=O)OC3=C2C(=O)CCC3)cc(Cl)c1OCc1ccccc1Cl. The van der Waals surface area contributed by atoms with Crippen molar-refractivity contribution in [2.24, 2.45) is 0 Å². The quantitative estimate of drug-likeness (QED) is 0.412. The summed E-state index contributed by atoms with van der Waals surface area (Å²) in [6, 6.07) is 11.1. The van der Waals surface area contributed by atoms with Gasteiger partial charge in [0, 0.05) is 53.3 Å². The summed E-state index contributed by atoms with van der Waals surface area (Å²) in [7, 11) is 0. The largest absolute Gasteiger partial charge is 0.490 e. The number of benzene rings is 2. The monoisotopic (exact) mass is 512 g/mol. The lowest BCUT2D eigenvalue weighted by molar-refractivity contribution is -0.117. The first kappa shape index (κ1) is 24.0. The fourth-order valence-electron chi connectivity index (χ4n) is 5.07. The minimum Gasteiger partial charge on any atom is -0.490 e. The zero-order valence-electron chi connectivity index (χ0n) is 19.5. The number of Topliss-reactive ketones (excluding diaryl/α,β-unsaturated/α-hetero) is 2. The average Bonchev–Trinajstić information content (AvgIpc) is 2.84. The molecule has 0 radical (unpaired) electrons. The van der Waals surface area contributed by atoms with Crippen LogP contribution in [0.25, 0.3) is 0 Å². The first-order valence-corrected chi connectivity index (χ1v) is 12.8. The Bertz CT molecular complexity index is 1220. The lowest BCUT2D eigenvalue weighted by Crippen LogP contribution is -2.30. The first-order chi connectivity index (χ1) is 17.0. The maximum atomic E-state index is 13.1. The van der Waals surface area contributed by atoms with Gasteiger partial charge in [-0.1, -0.05) is 41.4 Å². The number of hydrogen-bond donors (Lipinski definition) is 0. The van der Waals surface area contributed by atoms with Crippen molar-refractivity contribution in [2.45, 2.75) is 58.0 Å². The molecule has 2 aliphatic carbocycles. The molecule has 5 nitrogen and oxygen atoms in total. The molecule has 2 aromatic rings. The van der Waals surface area contributed by atoms with Crippen LogP contribution in [0.15, 0.2) is 59.1 Å². The summed E-state index contributed by atoms with van der Waals surface area (Å²) < 4.78 is 18.1. The fourth-order valence-corrected chi connectivity index (χ4v) is 5.54. The number of carbonyl (C=O) groups excluding carboxylic acids is 2. The fraction of sp³-hybridized carbons (Fsp3) is 0.357. The molecule has 3 aliphatic rings. The highest BCUT2D eigenvalue weighted by molar-refractivity contribution is 6.32. The second-order valence-corrected chi connectivity index (χ2v) is 9.72. The molecule has 7 heteroatoms. The molecule has 0 bridgehead atoms. The molecule has 0 fully saturated rings. The average molecular weight is 513 g/mol. The van der Waals surface area contributed by atoms with E-state index in [0.717, 1.165) is 24.0 Å². The topological polar surface area (TPSA) is 61.8 Å². The van der Waals surface area contributed by atoms with E-state index in [-0.39, 0.29) is 18.2 Å². The molecular formula is C28H26Cl2O5. The van der Waals surface area contributed by atoms with Gasteiger partial charge in [0.05, 0.1) is 11.6 Å². The molecule has 0 N–H and O–H groups in total. The van der Waals surface area contributed by atoms with Crippen molar-refractivity contribution in [3.63, 3.8) is 0 Å². The van der Waals surface area contributed by atoms with Gasteiger partial charge in [-0.25, -0.2) is 0 Å². The molecule has 1 heterocycles. The standard InChI is InChI=1S/C28H26Cl2O5/c1-2-33-24-14-17(13-19(30)28(24)34-15-16-7-3-4-8-18(16)29)25-26-20(31)9-5-11-22(26)35-23-12-6-10-21(32)27(23)25/h3-4,7-8,13-14,25H,2,5-6,9-12,15H2,1H3. The smallest absolute Gasteiger partial charge is 0.180 e. The van der Waals surface area contributed by atoms with Crippen LogP contribution in [0.4, 0.5) is 0 Å². The Morgan fingerprint density at radius 2 is 1.54 bits per heavy atom. The zero-order chi connectivity index (χ0) is 24.5. The Kier molecular flexibility index (Phi) is 6.90. The van der Waals surface area contributed by atoms with E-state index >= 15 is 0 Å². The van der Waals surface area contributed by atoms with Gasteiger partial charge in [-0.05, 0) is 43.5 Å². The molecule has 5 rings (SSSR count). The van der Waals surface area contributed by atoms with Gasteiger partial charge in [0.25, 0.3) is 0 Å².